The van der Waals surface area contributed by atoms with Gasteiger partial charge in [-0.3, -0.25) is 33.7 Å². The van der Waals surface area contributed by atoms with E-state index < -0.39 is 96.1 Å². The van der Waals surface area contributed by atoms with Gasteiger partial charge in [-0.25, -0.2) is 49.2 Å². The number of aliphatic hydroxyl groups excluding tert-OH is 1. The highest BCUT2D eigenvalue weighted by molar-refractivity contribution is 6.39. The van der Waals surface area contributed by atoms with Crippen LogP contribution in [0.5, 0.6) is 0 Å². The number of nitrogen functional groups attached to an aromatic ring is 1. The quantitative estimate of drug-likeness (QED) is 0.0194. The van der Waals surface area contributed by atoms with Crippen molar-refractivity contribution in [2.45, 2.75) is 212 Å². The number of allylic oxidation sites excluding steroid dienone is 6. The Kier molecular flexibility index (Phi) is 32.5. The van der Waals surface area contributed by atoms with E-state index in [0.717, 1.165) is 46.4 Å². The van der Waals surface area contributed by atoms with E-state index in [9.17, 15) is 48.6 Å². The molecule has 2 bridgehead atoms. The fourth-order valence-electron chi connectivity index (χ4n) is 19.2. The summed E-state index contributed by atoms with van der Waals surface area (Å²) in [5, 5.41) is 33.0. The van der Waals surface area contributed by atoms with Gasteiger partial charge in [0.2, 0.25) is 23.6 Å². The van der Waals surface area contributed by atoms with E-state index in [1.54, 1.807) is 72.1 Å². The van der Waals surface area contributed by atoms with Gasteiger partial charge >= 0.3 is 12.1 Å². The molecule has 14 rings (SSSR count). The summed E-state index contributed by atoms with van der Waals surface area (Å²) in [6.45, 7) is 19.0. The van der Waals surface area contributed by atoms with Crippen LogP contribution in [0.25, 0.3) is 33.3 Å². The number of nitrogens with one attached hydrogen (secondary N) is 2. The second kappa shape index (κ2) is 44.4. The van der Waals surface area contributed by atoms with Gasteiger partial charge in [-0.15, -0.1) is 0 Å². The number of pyridine rings is 1. The number of carbonyl (C=O) groups is 8. The molecule has 0 spiro atoms. The first kappa shape index (κ1) is 95.9. The first-order valence-corrected chi connectivity index (χ1v) is 46.2. The fourth-order valence-corrected chi connectivity index (χ4v) is 19.2. The summed E-state index contributed by atoms with van der Waals surface area (Å²) in [6, 6.07) is 9.11. The van der Waals surface area contributed by atoms with Crippen molar-refractivity contribution in [3.63, 3.8) is 0 Å². The van der Waals surface area contributed by atoms with Crippen molar-refractivity contribution in [1.29, 1.82) is 0 Å². The summed E-state index contributed by atoms with van der Waals surface area (Å²) >= 11 is 0. The highest BCUT2D eigenvalue weighted by Crippen LogP contribution is 2.39. The van der Waals surface area contributed by atoms with Crippen LogP contribution in [-0.4, -0.2) is 288 Å². The number of piperidine rings is 1. The normalized spacial score (nSPS) is 26.8. The number of nitrogens with two attached hydrogens (primary N) is 1. The van der Waals surface area contributed by atoms with Gasteiger partial charge in [0.05, 0.1) is 55.4 Å². The Morgan fingerprint density at radius 1 is 0.740 bits per heavy atom. The number of ether oxygens (including phenoxy) is 7. The van der Waals surface area contributed by atoms with Crippen molar-refractivity contribution in [3.8, 4) is 11.3 Å². The van der Waals surface area contributed by atoms with Crippen molar-refractivity contribution in [3.05, 3.63) is 149 Å². The molecule has 35 heteroatoms. The van der Waals surface area contributed by atoms with E-state index in [4.69, 9.17) is 44.0 Å². The number of amides is 4. The van der Waals surface area contributed by atoms with E-state index in [0.29, 0.717) is 194 Å². The molecule has 0 radical (unpaired) electrons. The number of alkyl carbamates (subject to hydrolysis) is 1. The van der Waals surface area contributed by atoms with Crippen LogP contribution in [-0.2, 0) is 88.0 Å². The van der Waals surface area contributed by atoms with Crippen LogP contribution in [0.4, 0.5) is 22.5 Å². The number of methoxy groups -OCH3 is 3. The number of rotatable bonds is 21. The average molecular weight is 1800 g/mol. The Morgan fingerprint density at radius 2 is 1.50 bits per heavy atom. The Labute approximate surface area is 763 Å². The number of Topliss-reactive ketones (excluding diaryl/α,β-unsaturated/α-hetero) is 3. The number of H-pyrrole nitrogens is 1. The monoisotopic (exact) mass is 1800 g/mol. The van der Waals surface area contributed by atoms with Gasteiger partial charge in [0, 0.05) is 191 Å². The summed E-state index contributed by atoms with van der Waals surface area (Å²) < 4.78 is 43.9. The molecule has 6 N–H and O–H groups in total. The molecule has 1 aromatic carbocycles. The van der Waals surface area contributed by atoms with Gasteiger partial charge in [-0.1, -0.05) is 82.4 Å². The second-order valence-corrected chi connectivity index (χ2v) is 36.2. The minimum atomic E-state index is -2.45. The summed E-state index contributed by atoms with van der Waals surface area (Å²) in [7, 11) is 4.49. The third-order valence-corrected chi connectivity index (χ3v) is 26.9. The summed E-state index contributed by atoms with van der Waals surface area (Å²) in [5.41, 5.74) is 14.9. The second-order valence-electron chi connectivity index (χ2n) is 36.2. The maximum atomic E-state index is 14.8. The number of nitrogens with zero attached hydrogens (tertiary/aromatic N) is 15. The van der Waals surface area contributed by atoms with Crippen molar-refractivity contribution in [2.75, 3.05) is 122 Å². The third kappa shape index (κ3) is 23.8. The Bertz CT molecular complexity index is 5300. The number of hydrogen-bond acceptors (Lipinski definition) is 29. The zero-order valence-electron chi connectivity index (χ0n) is 76.6. The standard InChI is InChI=1S/C96H126N18O17/c1-59-16-11-10-12-17-60(2)77(125-7)48-73-18-15-27-96(124,131-73)86(119)91(121)113-29-14-13-19-74(113)92(122)129-78(49-75(115)61(3)43-64(6)84(118)85(127-9)83(117)63(5)42-59)62(4)44-65-21-23-76(79(46-65)126-8)130-95(123)104-52-67-50-100-93(101-51-67)111-37-35-109(36-38-111)80(116)26-40-128-41-39-108-31-33-110(34-32-108)94-102-54-72(55-103-94)90(120)112-30-25-68-45-66(20-22-70(68)57-112)56-114-89-81(87(97)105-58-106-89)82(107-114)71-47-69-24-28-98-88(69)99-53-71/h10-12,16-17,20,22,24,28,43,45,47,50-51,53-55,58-59,61-63,65,73-74,76-79,84-85,118,124H,13-15,18-19,21,23,25-27,29-42,44,46,48-49,52,56-57H2,1-9H3,(H,98,99)(H,104,123)(H2,97,105,106)/b12-10?,16-11+,60-17?,64-43+/t59-,61-,62-,63-,65+,73+,74+,76-,77+,78+,79-,84-,85+,96-/m1/s1. The summed E-state index contributed by atoms with van der Waals surface area (Å²) in [5.74, 6) is -6.61. The number of aromatic nitrogens is 10. The molecule has 12 heterocycles. The zero-order chi connectivity index (χ0) is 92.6. The number of benzene rings is 1. The number of cyclic esters (lactones) is 1. The Hall–Kier alpha value is -11.2. The van der Waals surface area contributed by atoms with E-state index >= 15 is 0 Å². The number of aromatic amines is 1. The SMILES string of the molecule is CO[C@H]1C[C@@H]2CCC[C@@](O)(O2)C(=O)C(=O)N2CCCC[C@H]2C(=O)O[C@H]([C@H](C)C[C@@H]2CC[C@@H](OC(=O)NCc3cnc(N4CCN(C(=O)CCOCCN5CCN(c6ncc(C(=O)N7CCc8cc(Cn9nc(-c%10cnc%11[nH]ccc%11c%10)c%10c(N)ncnc%109)ccc8C7)cn6)CC5)CC4)nc3)[C@H](OC)C2)CC(=O)[C@H](C)/C=C(\C)[C@@H](O)[C@@H](OC)C(=O)[C@H](C)C[C@H](C)/C=C/C=CC=C1C. The van der Waals surface area contributed by atoms with Crippen molar-refractivity contribution in [1.82, 2.24) is 74.6 Å². The number of ketones is 3. The fraction of sp³-hybridized carbons (Fsp3) is 0.562. The molecule has 6 aromatic heterocycles. The maximum Gasteiger partial charge on any atom is 0.407 e. The molecule has 7 aliphatic rings. The van der Waals surface area contributed by atoms with Crippen LogP contribution >= 0.6 is 0 Å². The van der Waals surface area contributed by atoms with Gasteiger partial charge in [0.15, 0.2) is 11.4 Å². The highest BCUT2D eigenvalue weighted by atomic mass is 16.6. The maximum absolute atomic E-state index is 14.8. The predicted octanol–water partition coefficient (Wildman–Crippen LogP) is 8.84. The third-order valence-electron chi connectivity index (χ3n) is 26.9. The molecule has 5 fully saturated rings. The minimum Gasteiger partial charge on any atom is -0.460 e. The molecule has 4 amide bonds. The largest absolute Gasteiger partial charge is 0.460 e. The van der Waals surface area contributed by atoms with Gasteiger partial charge < -0.3 is 83.9 Å². The van der Waals surface area contributed by atoms with E-state index in [1.807, 2.05) is 88.9 Å². The van der Waals surface area contributed by atoms with Gasteiger partial charge in [-0.05, 0) is 142 Å². The Morgan fingerprint density at radius 3 is 2.24 bits per heavy atom. The molecule has 7 aromatic rings. The molecule has 1 aliphatic carbocycles. The highest BCUT2D eigenvalue weighted by Gasteiger charge is 2.50. The lowest BCUT2D eigenvalue weighted by Crippen LogP contribution is -2.58. The van der Waals surface area contributed by atoms with Crippen LogP contribution in [0.15, 0.2) is 121 Å². The van der Waals surface area contributed by atoms with Gasteiger partial charge in [-0.2, -0.15) is 5.10 Å². The molecular weight excluding hydrogens is 1680 g/mol. The predicted molar refractivity (Wildman–Crippen MR) is 487 cm³/mol. The Balaban J connectivity index is 0.496. The molecule has 4 saturated heterocycles. The van der Waals surface area contributed by atoms with Crippen molar-refractivity contribution in [2.24, 2.45) is 29.6 Å². The first-order valence-electron chi connectivity index (χ1n) is 46.2. The zero-order valence-corrected chi connectivity index (χ0v) is 76.6. The molecular formula is C96H126N18O17. The number of hydrogen-bond donors (Lipinski definition) is 5. The lowest BCUT2D eigenvalue weighted by atomic mass is 9.78. The molecule has 35 nitrogen and oxygen atoms in total. The van der Waals surface area contributed by atoms with Crippen LogP contribution in [0.1, 0.15) is 164 Å². The van der Waals surface area contributed by atoms with Gasteiger partial charge in [0.1, 0.15) is 59.7 Å². The number of fused-ring (bicyclic) bond motifs is 6. The number of piperazine rings is 2. The van der Waals surface area contributed by atoms with Crippen LogP contribution in [0.2, 0.25) is 0 Å². The van der Waals surface area contributed by atoms with E-state index in [2.05, 4.69) is 73.2 Å². The lowest BCUT2D eigenvalue weighted by Gasteiger charge is -2.40. The van der Waals surface area contributed by atoms with Gasteiger partial charge in [0.25, 0.3) is 17.6 Å². The molecule has 0 unspecified atom stereocenters. The van der Waals surface area contributed by atoms with E-state index in [-0.39, 0.29) is 80.4 Å². The van der Waals surface area contributed by atoms with Crippen LogP contribution in [0.3, 0.4) is 0 Å². The molecule has 6 aliphatic heterocycles. The van der Waals surface area contributed by atoms with Crippen LogP contribution in [0, 0.1) is 29.6 Å². The lowest BCUT2D eigenvalue weighted by molar-refractivity contribution is -0.245. The number of anilines is 3. The molecule has 702 valence electrons. The molecule has 14 atom stereocenters. The molecule has 1 saturated carbocycles. The van der Waals surface area contributed by atoms with Crippen molar-refractivity contribution < 1.29 is 81.7 Å². The summed E-state index contributed by atoms with van der Waals surface area (Å²) in [4.78, 5) is 159. The van der Waals surface area contributed by atoms with Crippen molar-refractivity contribution >= 4 is 86.9 Å². The minimum absolute atomic E-state index is 0.0150. The topological polar surface area (TPSA) is 423 Å². The number of esters is 1. The number of aliphatic hydroxyl groups is 2. The first-order chi connectivity index (χ1) is 63.2. The van der Waals surface area contributed by atoms with E-state index in [1.165, 1.54) is 23.9 Å². The number of carbonyl (C=O) groups excluding carboxylic acids is 8. The average Bonchev–Trinajstić information content (AvgIpc) is 1.57. The van der Waals surface area contributed by atoms with Crippen LogP contribution < -0.4 is 20.9 Å². The summed E-state index contributed by atoms with van der Waals surface area (Å²) in [6.07, 6.45) is 21.6. The smallest absolute Gasteiger partial charge is 0.407 e. The molecule has 131 heavy (non-hydrogen) atoms.